The molecule has 3 fully saturated rings. The lowest BCUT2D eigenvalue weighted by Crippen LogP contribution is -2.56. The van der Waals surface area contributed by atoms with Gasteiger partial charge in [-0.3, -0.25) is 24.0 Å². The van der Waals surface area contributed by atoms with Crippen LogP contribution in [0.4, 0.5) is 0 Å². The van der Waals surface area contributed by atoms with Crippen LogP contribution in [0.15, 0.2) is 35.5 Å². The largest absolute Gasteiger partial charge is 0.481 e. The number of hydrogen-bond acceptors (Lipinski definition) is 9. The van der Waals surface area contributed by atoms with E-state index in [0.29, 0.717) is 24.6 Å². The highest BCUT2D eigenvalue weighted by molar-refractivity contribution is 6.26. The molecular weight excluding hydrogens is 699 g/mol. The summed E-state index contributed by atoms with van der Waals surface area (Å²) >= 11 is 12.7. The minimum Gasteiger partial charge on any atom is -0.481 e. The molecule has 1 aromatic rings. The monoisotopic (exact) mass is 748 g/mol. The molecule has 2 heterocycles. The lowest BCUT2D eigenvalue weighted by molar-refractivity contribution is -0.154. The summed E-state index contributed by atoms with van der Waals surface area (Å²) in [7, 11) is 0. The summed E-state index contributed by atoms with van der Waals surface area (Å²) in [5.74, 6) is -4.43. The minimum atomic E-state index is -1.65. The number of carboxylic acid groups (broad SMARTS) is 1. The van der Waals surface area contributed by atoms with Crippen molar-refractivity contribution in [2.45, 2.75) is 119 Å². The molecule has 4 N–H and O–H groups in total. The van der Waals surface area contributed by atoms with E-state index >= 15 is 0 Å². The zero-order valence-electron chi connectivity index (χ0n) is 29.3. The molecule has 280 valence electrons. The molecule has 2 aliphatic carbocycles. The third kappa shape index (κ3) is 9.61. The first-order valence-corrected chi connectivity index (χ1v) is 19.1. The van der Waals surface area contributed by atoms with Crippen molar-refractivity contribution in [2.24, 2.45) is 28.8 Å². The molecule has 0 spiro atoms. The Morgan fingerprint density at radius 3 is 2.39 bits per heavy atom. The number of nitrogens with one attached hydrogen (secondary N) is 3. The first kappa shape index (κ1) is 39.0. The van der Waals surface area contributed by atoms with E-state index in [4.69, 9.17) is 32.8 Å². The fourth-order valence-electron chi connectivity index (χ4n) is 8.08. The highest BCUT2D eigenvalue weighted by Crippen LogP contribution is 2.37. The number of Topliss-reactive ketones (excluding diaryl/α,β-unsaturated/α-hetero) is 1. The van der Waals surface area contributed by atoms with Crippen molar-refractivity contribution < 1.29 is 38.7 Å². The smallest absolute Gasteiger partial charge is 0.312 e. The van der Waals surface area contributed by atoms with Crippen LogP contribution in [-0.4, -0.2) is 88.0 Å². The molecule has 51 heavy (non-hydrogen) atoms. The van der Waals surface area contributed by atoms with Crippen LogP contribution in [-0.2, 0) is 40.0 Å². The van der Waals surface area contributed by atoms with Crippen molar-refractivity contribution in [3.63, 3.8) is 0 Å². The van der Waals surface area contributed by atoms with E-state index in [-0.39, 0.29) is 36.5 Å². The van der Waals surface area contributed by atoms with Crippen LogP contribution < -0.4 is 16.0 Å². The summed E-state index contributed by atoms with van der Waals surface area (Å²) in [6.45, 7) is 3.94. The van der Waals surface area contributed by atoms with Crippen molar-refractivity contribution in [3.05, 3.63) is 35.9 Å². The maximum absolute atomic E-state index is 14.2. The number of fused-ring (bicyclic) bond motifs is 1. The van der Waals surface area contributed by atoms with Crippen molar-refractivity contribution in [2.75, 3.05) is 13.2 Å². The van der Waals surface area contributed by atoms with Gasteiger partial charge in [-0.2, -0.15) is 0 Å². The zero-order valence-corrected chi connectivity index (χ0v) is 30.8. The molecule has 14 heteroatoms. The summed E-state index contributed by atoms with van der Waals surface area (Å²) in [5.41, 5.74) is -0.418. The second-order valence-electron chi connectivity index (χ2n) is 14.8. The summed E-state index contributed by atoms with van der Waals surface area (Å²) in [6, 6.07) is 7.42. The molecule has 4 aliphatic rings. The first-order chi connectivity index (χ1) is 24.4. The number of ketones is 1. The van der Waals surface area contributed by atoms with E-state index in [1.807, 2.05) is 44.2 Å². The van der Waals surface area contributed by atoms with Gasteiger partial charge in [-0.1, -0.05) is 68.6 Å². The average Bonchev–Trinajstić information content (AvgIpc) is 3.53. The Morgan fingerprint density at radius 1 is 1.00 bits per heavy atom. The third-order valence-corrected chi connectivity index (χ3v) is 11.8. The number of oxime groups is 1. The van der Waals surface area contributed by atoms with Crippen LogP contribution in [0.5, 0.6) is 0 Å². The molecular formula is C37H50Cl2N4O8. The second kappa shape index (κ2) is 17.5. The number of halogens is 2. The second-order valence-corrected chi connectivity index (χ2v) is 15.9. The highest BCUT2D eigenvalue weighted by atomic mass is 35.5. The standard InChI is InChI=1S/C37H50Cl2N4O8/c1-21(2)33(42-34(47)24-15-16-40-27-14-7-6-11-23(24)27)29-19-37(51-43-29,18-22-9-4-3-5-10-22)36(49)41-28(17-31(45)46)30(44)20-50-35(48)32-25(38)12-8-13-26(32)39/h3-5,9-10,21,23-28,32-33,40H,6-8,11-20H2,1-2H3,(H,41,49)(H,42,47)(H,45,46)/t23?,24?,25?,26?,27?,28-,32?,33-,37?/m0/s1. The zero-order chi connectivity index (χ0) is 36.7. The summed E-state index contributed by atoms with van der Waals surface area (Å²) < 4.78 is 5.27. The topological polar surface area (TPSA) is 172 Å². The number of carbonyl (C=O) groups is 5. The van der Waals surface area contributed by atoms with Crippen molar-refractivity contribution in [1.29, 1.82) is 0 Å². The minimum absolute atomic E-state index is 0.00595. The fraction of sp³-hybridized carbons (Fsp3) is 0.676. The van der Waals surface area contributed by atoms with Gasteiger partial charge >= 0.3 is 11.9 Å². The van der Waals surface area contributed by atoms with Crippen LogP contribution in [0, 0.1) is 23.7 Å². The number of benzene rings is 1. The third-order valence-electron chi connectivity index (χ3n) is 10.8. The van der Waals surface area contributed by atoms with E-state index in [0.717, 1.165) is 50.6 Å². The Bertz CT molecular complexity index is 1450. The number of alkyl halides is 2. The summed E-state index contributed by atoms with van der Waals surface area (Å²) in [4.78, 5) is 72.1. The van der Waals surface area contributed by atoms with Crippen LogP contribution in [0.25, 0.3) is 0 Å². The van der Waals surface area contributed by atoms with Gasteiger partial charge in [-0.15, -0.1) is 23.2 Å². The van der Waals surface area contributed by atoms with E-state index < -0.39 is 71.0 Å². The molecule has 5 rings (SSSR count). The van der Waals surface area contributed by atoms with Gasteiger partial charge in [0, 0.05) is 35.6 Å². The number of hydrogen-bond donors (Lipinski definition) is 4. The molecule has 2 amide bonds. The van der Waals surface area contributed by atoms with Crippen molar-refractivity contribution in [3.8, 4) is 0 Å². The van der Waals surface area contributed by atoms with Gasteiger partial charge in [0.2, 0.25) is 11.5 Å². The van der Waals surface area contributed by atoms with Crippen LogP contribution in [0.3, 0.4) is 0 Å². The van der Waals surface area contributed by atoms with Gasteiger partial charge in [-0.25, -0.2) is 0 Å². The number of nitrogens with zero attached hydrogens (tertiary/aromatic N) is 1. The molecule has 2 aliphatic heterocycles. The maximum atomic E-state index is 14.2. The normalized spacial score (nSPS) is 30.2. The van der Waals surface area contributed by atoms with Crippen LogP contribution >= 0.6 is 23.2 Å². The van der Waals surface area contributed by atoms with Crippen molar-refractivity contribution >= 4 is 58.4 Å². The molecule has 12 nitrogen and oxygen atoms in total. The molecule has 0 bridgehead atoms. The number of esters is 1. The van der Waals surface area contributed by atoms with Gasteiger partial charge in [-0.05, 0) is 56.0 Å². The maximum Gasteiger partial charge on any atom is 0.312 e. The molecule has 1 saturated heterocycles. The number of aliphatic carboxylic acids is 1. The highest BCUT2D eigenvalue weighted by Gasteiger charge is 2.50. The number of rotatable bonds is 14. The van der Waals surface area contributed by atoms with E-state index in [1.54, 1.807) is 0 Å². The Labute approximate surface area is 309 Å². The van der Waals surface area contributed by atoms with Gasteiger partial charge in [0.1, 0.15) is 6.04 Å². The van der Waals surface area contributed by atoms with E-state index in [1.165, 1.54) is 0 Å². The van der Waals surface area contributed by atoms with Gasteiger partial charge in [0.05, 0.1) is 24.1 Å². The first-order valence-electron chi connectivity index (χ1n) is 18.2. The Balaban J connectivity index is 1.31. The summed E-state index contributed by atoms with van der Waals surface area (Å²) in [6.07, 6.45) is 6.29. The van der Waals surface area contributed by atoms with E-state index in [9.17, 15) is 29.1 Å². The number of ether oxygens (including phenoxy) is 1. The van der Waals surface area contributed by atoms with Gasteiger partial charge in [0.25, 0.3) is 5.91 Å². The Hall–Kier alpha value is -3.22. The lowest BCUT2D eigenvalue weighted by Gasteiger charge is -2.41. The predicted molar refractivity (Wildman–Crippen MR) is 191 cm³/mol. The summed E-state index contributed by atoms with van der Waals surface area (Å²) in [5, 5.41) is 22.3. The van der Waals surface area contributed by atoms with Crippen LogP contribution in [0.1, 0.15) is 83.6 Å². The number of carboxylic acids is 1. The average molecular weight is 750 g/mol. The Kier molecular flexibility index (Phi) is 13.4. The van der Waals surface area contributed by atoms with Crippen molar-refractivity contribution in [1.82, 2.24) is 16.0 Å². The van der Waals surface area contributed by atoms with E-state index in [2.05, 4.69) is 21.1 Å². The molecule has 1 aromatic carbocycles. The molecule has 8 atom stereocenters. The molecule has 0 radical (unpaired) electrons. The SMILES string of the molecule is CC(C)[C@H](NC(=O)C1CCNC2CCCCC21)C1=NOC(Cc2ccccc2)(C(=O)N[C@@H](CC(=O)O)C(=O)COC(=O)C2C(Cl)CCCC2Cl)C1. The molecule has 2 saturated carbocycles. The molecule has 0 aromatic heterocycles. The lowest BCUT2D eigenvalue weighted by atomic mass is 9.72. The number of amides is 2. The quantitative estimate of drug-likeness (QED) is 0.161. The Morgan fingerprint density at radius 2 is 1.71 bits per heavy atom. The van der Waals surface area contributed by atoms with Gasteiger partial charge in [0.15, 0.2) is 12.4 Å². The predicted octanol–water partition coefficient (Wildman–Crippen LogP) is 4.14. The fourth-order valence-corrected chi connectivity index (χ4v) is 9.02. The molecule has 6 unspecified atom stereocenters. The van der Waals surface area contributed by atoms with Gasteiger partial charge < -0.3 is 30.6 Å². The number of carbonyl (C=O) groups excluding carboxylic acids is 4. The number of piperidine rings is 1. The van der Waals surface area contributed by atoms with Crippen LogP contribution in [0.2, 0.25) is 0 Å².